The SMILES string of the molecule is O=[P+](O)O.c1ccc2c(c1)-c1ccccc1-2. The molecule has 0 aliphatic heterocycles. The summed E-state index contributed by atoms with van der Waals surface area (Å²) in [6.07, 6.45) is 0. The van der Waals surface area contributed by atoms with Crippen molar-refractivity contribution in [2.75, 3.05) is 0 Å². The summed E-state index contributed by atoms with van der Waals surface area (Å²) in [5.41, 5.74) is 5.59. The first kappa shape index (κ1) is 11.0. The molecule has 0 unspecified atom stereocenters. The lowest BCUT2D eigenvalue weighted by Crippen LogP contribution is -1.96. The highest BCUT2D eigenvalue weighted by molar-refractivity contribution is 7.30. The van der Waals surface area contributed by atoms with Crippen molar-refractivity contribution in [1.82, 2.24) is 0 Å². The Kier molecular flexibility index (Phi) is 3.11. The third-order valence-electron chi connectivity index (χ3n) is 2.43. The summed E-state index contributed by atoms with van der Waals surface area (Å²) >= 11 is 0. The fourth-order valence-electron chi connectivity index (χ4n) is 1.84. The molecule has 0 radical (unpaired) electrons. The van der Waals surface area contributed by atoms with Gasteiger partial charge >= 0.3 is 8.25 Å². The molecule has 4 heteroatoms. The molecule has 1 aliphatic carbocycles. The molecule has 80 valence electrons. The smallest absolute Gasteiger partial charge is 0.134 e. The molecule has 2 aromatic rings. The second-order valence-corrected chi connectivity index (χ2v) is 3.85. The Balaban J connectivity index is 0.000000212. The third kappa shape index (κ3) is 2.02. The standard InChI is InChI=1S/C12H8.HO3P/c1-2-6-10-9(5-1)11-7-3-4-8-12(10)11;1-4(2)3/h1-8H;(H-,1,2,3)/p+1. The van der Waals surface area contributed by atoms with Gasteiger partial charge in [0.1, 0.15) is 0 Å². The average Bonchev–Trinajstić information content (AvgIpc) is 2.25. The van der Waals surface area contributed by atoms with Crippen LogP contribution in [0.5, 0.6) is 0 Å². The van der Waals surface area contributed by atoms with E-state index in [1.807, 2.05) is 0 Å². The summed E-state index contributed by atoms with van der Waals surface area (Å²) in [4.78, 5) is 14.2. The van der Waals surface area contributed by atoms with Crippen LogP contribution in [0.15, 0.2) is 48.5 Å². The van der Waals surface area contributed by atoms with Crippen LogP contribution in [0.25, 0.3) is 22.3 Å². The quantitative estimate of drug-likeness (QED) is 0.587. The minimum Gasteiger partial charge on any atom is -0.134 e. The van der Waals surface area contributed by atoms with E-state index in [4.69, 9.17) is 14.4 Å². The predicted octanol–water partition coefficient (Wildman–Crippen LogP) is 2.96. The summed E-state index contributed by atoms with van der Waals surface area (Å²) < 4.78 is 8.70. The van der Waals surface area contributed by atoms with Crippen molar-refractivity contribution < 1.29 is 14.4 Å². The van der Waals surface area contributed by atoms with Crippen LogP contribution in [0.1, 0.15) is 0 Å². The molecule has 16 heavy (non-hydrogen) atoms. The first-order valence-corrected chi connectivity index (χ1v) is 5.90. The molecule has 0 amide bonds. The zero-order valence-corrected chi connectivity index (χ0v) is 9.26. The molecule has 0 atom stereocenters. The van der Waals surface area contributed by atoms with Gasteiger partial charge in [-0.2, -0.15) is 0 Å². The van der Waals surface area contributed by atoms with E-state index in [0.717, 1.165) is 0 Å². The molecule has 0 bridgehead atoms. The van der Waals surface area contributed by atoms with Gasteiger partial charge in [-0.15, -0.1) is 9.79 Å². The van der Waals surface area contributed by atoms with Crippen molar-refractivity contribution in [1.29, 1.82) is 0 Å². The normalized spacial score (nSPS) is 10.1. The van der Waals surface area contributed by atoms with Crippen molar-refractivity contribution in [2.24, 2.45) is 0 Å². The lowest BCUT2D eigenvalue weighted by Gasteiger charge is -2.22. The summed E-state index contributed by atoms with van der Waals surface area (Å²) in [7, 11) is -2.87. The molecular weight excluding hydrogens is 223 g/mol. The van der Waals surface area contributed by atoms with Crippen molar-refractivity contribution in [3.63, 3.8) is 0 Å². The Bertz CT molecular complexity index is 433. The Morgan fingerprint density at radius 3 is 1.06 bits per heavy atom. The van der Waals surface area contributed by atoms with Crippen molar-refractivity contribution >= 4 is 8.25 Å². The molecule has 0 saturated carbocycles. The Labute approximate surface area is 94.0 Å². The monoisotopic (exact) mass is 233 g/mol. The van der Waals surface area contributed by atoms with Crippen LogP contribution >= 0.6 is 8.25 Å². The van der Waals surface area contributed by atoms with Crippen LogP contribution in [0.2, 0.25) is 0 Å². The lowest BCUT2D eigenvalue weighted by atomic mass is 9.81. The first-order valence-electron chi connectivity index (χ1n) is 4.74. The maximum absolute atomic E-state index is 8.70. The molecule has 0 heterocycles. The van der Waals surface area contributed by atoms with E-state index in [9.17, 15) is 0 Å². The van der Waals surface area contributed by atoms with Gasteiger partial charge in [0, 0.05) is 4.57 Å². The molecule has 0 fully saturated rings. The Morgan fingerprint density at radius 1 is 0.688 bits per heavy atom. The van der Waals surface area contributed by atoms with Gasteiger partial charge in [-0.1, -0.05) is 48.5 Å². The van der Waals surface area contributed by atoms with Gasteiger partial charge in [0.2, 0.25) is 0 Å². The van der Waals surface area contributed by atoms with E-state index in [1.165, 1.54) is 22.3 Å². The van der Waals surface area contributed by atoms with Crippen molar-refractivity contribution in [2.45, 2.75) is 0 Å². The van der Waals surface area contributed by atoms with Gasteiger partial charge in [-0.05, 0) is 22.3 Å². The Morgan fingerprint density at radius 2 is 0.875 bits per heavy atom. The van der Waals surface area contributed by atoms with Crippen LogP contribution in [0.3, 0.4) is 0 Å². The van der Waals surface area contributed by atoms with Crippen LogP contribution in [0.4, 0.5) is 0 Å². The van der Waals surface area contributed by atoms with Gasteiger partial charge < -0.3 is 0 Å². The average molecular weight is 233 g/mol. The molecule has 0 saturated heterocycles. The van der Waals surface area contributed by atoms with Gasteiger partial charge in [0.25, 0.3) is 0 Å². The highest BCUT2D eigenvalue weighted by Gasteiger charge is 2.19. The van der Waals surface area contributed by atoms with Crippen LogP contribution in [-0.2, 0) is 4.57 Å². The van der Waals surface area contributed by atoms with Gasteiger partial charge in [-0.25, -0.2) is 0 Å². The summed E-state index contributed by atoms with van der Waals surface area (Å²) in [6.45, 7) is 0. The van der Waals surface area contributed by atoms with Crippen molar-refractivity contribution in [3.8, 4) is 22.3 Å². The molecule has 0 spiro atoms. The van der Waals surface area contributed by atoms with E-state index in [-0.39, 0.29) is 0 Å². The molecule has 1 aliphatic rings. The molecule has 3 rings (SSSR count). The van der Waals surface area contributed by atoms with E-state index in [2.05, 4.69) is 48.5 Å². The Hall–Kier alpha value is -1.54. The molecular formula is C12H10O3P+. The van der Waals surface area contributed by atoms with E-state index in [0.29, 0.717) is 0 Å². The summed E-state index contributed by atoms with van der Waals surface area (Å²) in [5, 5.41) is 0. The summed E-state index contributed by atoms with van der Waals surface area (Å²) in [5.74, 6) is 0. The van der Waals surface area contributed by atoms with Crippen LogP contribution in [0, 0.1) is 0 Å². The van der Waals surface area contributed by atoms with E-state index in [1.54, 1.807) is 0 Å². The predicted molar refractivity (Wildman–Crippen MR) is 62.9 cm³/mol. The number of fused-ring (bicyclic) bond motifs is 4. The van der Waals surface area contributed by atoms with Gasteiger partial charge in [-0.3, -0.25) is 0 Å². The number of benzene rings is 2. The second-order valence-electron chi connectivity index (χ2n) is 3.34. The molecule has 2 aromatic carbocycles. The van der Waals surface area contributed by atoms with Crippen molar-refractivity contribution in [3.05, 3.63) is 48.5 Å². The highest BCUT2D eigenvalue weighted by Crippen LogP contribution is 2.46. The van der Waals surface area contributed by atoms with Gasteiger partial charge in [0.05, 0.1) is 0 Å². The fraction of sp³-hybridized carbons (Fsp3) is 0. The molecule has 0 aromatic heterocycles. The summed E-state index contributed by atoms with van der Waals surface area (Å²) in [6, 6.07) is 17.1. The number of rotatable bonds is 0. The third-order valence-corrected chi connectivity index (χ3v) is 2.43. The lowest BCUT2D eigenvalue weighted by molar-refractivity contribution is 0.405. The molecule has 2 N–H and O–H groups in total. The number of hydrogen-bond donors (Lipinski definition) is 2. The second kappa shape index (κ2) is 4.54. The zero-order chi connectivity index (χ0) is 11.5. The van der Waals surface area contributed by atoms with E-state index >= 15 is 0 Å². The zero-order valence-electron chi connectivity index (χ0n) is 8.37. The largest absolute Gasteiger partial charge is 0.692 e. The minimum absolute atomic E-state index is 1.40. The maximum Gasteiger partial charge on any atom is 0.692 e. The topological polar surface area (TPSA) is 57.5 Å². The van der Waals surface area contributed by atoms with Crippen LogP contribution in [-0.4, -0.2) is 9.79 Å². The van der Waals surface area contributed by atoms with Crippen LogP contribution < -0.4 is 0 Å². The fourth-order valence-corrected chi connectivity index (χ4v) is 1.84. The van der Waals surface area contributed by atoms with Gasteiger partial charge in [0.15, 0.2) is 0 Å². The first-order chi connectivity index (χ1) is 7.70. The molecule has 3 nitrogen and oxygen atoms in total. The minimum atomic E-state index is -2.87. The maximum atomic E-state index is 8.70. The van der Waals surface area contributed by atoms with E-state index < -0.39 is 8.25 Å². The highest BCUT2D eigenvalue weighted by atomic mass is 31.1. The number of hydrogen-bond acceptors (Lipinski definition) is 1.